The van der Waals surface area contributed by atoms with Crippen molar-refractivity contribution in [1.29, 1.82) is 0 Å². The van der Waals surface area contributed by atoms with E-state index < -0.39 is 5.97 Å². The van der Waals surface area contributed by atoms with Gasteiger partial charge in [-0.25, -0.2) is 0 Å². The van der Waals surface area contributed by atoms with Gasteiger partial charge in [0.15, 0.2) is 0 Å². The molecule has 1 N–H and O–H groups in total. The fourth-order valence-electron chi connectivity index (χ4n) is 4.12. The summed E-state index contributed by atoms with van der Waals surface area (Å²) in [5.74, 6) is -0.745. The largest absolute Gasteiger partial charge is 0.481 e. The van der Waals surface area contributed by atoms with Gasteiger partial charge in [0.25, 0.3) is 0 Å². The molecule has 0 amide bonds. The summed E-state index contributed by atoms with van der Waals surface area (Å²) in [5, 5.41) is 8.62. The summed E-state index contributed by atoms with van der Waals surface area (Å²) < 4.78 is 5.75. The van der Waals surface area contributed by atoms with E-state index in [9.17, 15) is 9.59 Å². The molecule has 0 rings (SSSR count). The summed E-state index contributed by atoms with van der Waals surface area (Å²) in [4.78, 5) is 22.6. The van der Waals surface area contributed by atoms with Crippen LogP contribution >= 0.6 is 0 Å². The first-order valence-electron chi connectivity index (χ1n) is 13.5. The molecular weight excluding hydrogens is 388 g/mol. The summed E-state index contributed by atoms with van der Waals surface area (Å²) in [5.41, 5.74) is 0. The lowest BCUT2D eigenvalue weighted by Crippen LogP contribution is -2.18. The van der Waals surface area contributed by atoms with Crippen LogP contribution in [0.1, 0.15) is 155 Å². The summed E-state index contributed by atoms with van der Waals surface area (Å²) in [6, 6.07) is 0. The molecule has 0 radical (unpaired) electrons. The lowest BCUT2D eigenvalue weighted by molar-refractivity contribution is -0.150. The van der Waals surface area contributed by atoms with Gasteiger partial charge in [-0.1, -0.05) is 110 Å². The Balaban J connectivity index is 3.61. The van der Waals surface area contributed by atoms with Crippen molar-refractivity contribution in [2.45, 2.75) is 161 Å². The zero-order chi connectivity index (χ0) is 23.0. The van der Waals surface area contributed by atoms with Crippen LogP contribution in [0.25, 0.3) is 0 Å². The van der Waals surface area contributed by atoms with E-state index in [4.69, 9.17) is 9.84 Å². The van der Waals surface area contributed by atoms with Gasteiger partial charge in [0.1, 0.15) is 6.10 Å². The van der Waals surface area contributed by atoms with Gasteiger partial charge in [-0.3, -0.25) is 9.59 Å². The predicted octanol–water partition coefficient (Wildman–Crippen LogP) is 8.60. The summed E-state index contributed by atoms with van der Waals surface area (Å²) in [7, 11) is 0. The van der Waals surface area contributed by atoms with Gasteiger partial charge in [-0.15, -0.1) is 0 Å². The van der Waals surface area contributed by atoms with E-state index in [2.05, 4.69) is 13.8 Å². The van der Waals surface area contributed by atoms with Crippen molar-refractivity contribution in [3.63, 3.8) is 0 Å². The zero-order valence-corrected chi connectivity index (χ0v) is 20.8. The minimum atomic E-state index is -0.711. The average Bonchev–Trinajstić information content (AvgIpc) is 2.73. The van der Waals surface area contributed by atoms with E-state index in [0.717, 1.165) is 57.8 Å². The summed E-state index contributed by atoms with van der Waals surface area (Å²) >= 11 is 0. The molecule has 184 valence electrons. The molecule has 0 spiro atoms. The van der Waals surface area contributed by atoms with Crippen molar-refractivity contribution in [1.82, 2.24) is 0 Å². The number of rotatable bonds is 24. The van der Waals surface area contributed by atoms with Crippen molar-refractivity contribution in [3.05, 3.63) is 0 Å². The van der Waals surface area contributed by atoms with Gasteiger partial charge in [-0.05, 0) is 32.1 Å². The van der Waals surface area contributed by atoms with E-state index in [1.165, 1.54) is 70.6 Å². The molecule has 0 bridgehead atoms. The van der Waals surface area contributed by atoms with Crippen LogP contribution in [-0.4, -0.2) is 23.1 Å². The number of carbonyl (C=O) groups is 2. The molecule has 0 saturated carbocycles. The maximum absolute atomic E-state index is 12.2. The molecular formula is C27H52O4. The lowest BCUT2D eigenvalue weighted by atomic mass is 10.0. The van der Waals surface area contributed by atoms with Crippen molar-refractivity contribution >= 4 is 11.9 Å². The second-order valence-electron chi connectivity index (χ2n) is 9.24. The predicted molar refractivity (Wildman–Crippen MR) is 130 cm³/mol. The van der Waals surface area contributed by atoms with Crippen LogP contribution in [-0.2, 0) is 14.3 Å². The Morgan fingerprint density at radius 1 is 0.581 bits per heavy atom. The normalized spacial score (nSPS) is 12.1. The highest BCUT2D eigenvalue weighted by atomic mass is 16.5. The molecule has 0 aromatic rings. The highest BCUT2D eigenvalue weighted by Crippen LogP contribution is 2.17. The Kier molecular flexibility index (Phi) is 22.8. The van der Waals surface area contributed by atoms with Gasteiger partial charge in [0.05, 0.1) is 0 Å². The molecule has 0 fully saturated rings. The van der Waals surface area contributed by atoms with E-state index in [1.54, 1.807) is 0 Å². The Morgan fingerprint density at radius 2 is 1.03 bits per heavy atom. The van der Waals surface area contributed by atoms with E-state index in [0.29, 0.717) is 6.42 Å². The van der Waals surface area contributed by atoms with Crippen LogP contribution < -0.4 is 0 Å². The standard InChI is InChI=1S/C27H52O4/c1-3-5-6-7-8-9-10-11-12-15-18-22-25(21-4-2)31-27(30)24-20-17-14-13-16-19-23-26(28)29/h25H,3-24H2,1-2H3,(H,28,29). The van der Waals surface area contributed by atoms with Crippen LogP contribution in [0.3, 0.4) is 0 Å². The fourth-order valence-corrected chi connectivity index (χ4v) is 4.12. The maximum atomic E-state index is 12.2. The zero-order valence-electron chi connectivity index (χ0n) is 20.8. The Morgan fingerprint density at radius 3 is 1.52 bits per heavy atom. The number of ether oxygens (including phenoxy) is 1. The second kappa shape index (κ2) is 23.6. The molecule has 0 aliphatic heterocycles. The number of hydrogen-bond acceptors (Lipinski definition) is 3. The molecule has 0 aliphatic carbocycles. The minimum Gasteiger partial charge on any atom is -0.481 e. The molecule has 0 heterocycles. The lowest BCUT2D eigenvalue weighted by Gasteiger charge is -2.17. The smallest absolute Gasteiger partial charge is 0.306 e. The molecule has 0 aliphatic rings. The van der Waals surface area contributed by atoms with Gasteiger partial charge in [-0.2, -0.15) is 0 Å². The number of esters is 1. The van der Waals surface area contributed by atoms with Crippen molar-refractivity contribution in [2.75, 3.05) is 0 Å². The first-order valence-corrected chi connectivity index (χ1v) is 13.5. The van der Waals surface area contributed by atoms with Crippen molar-refractivity contribution < 1.29 is 19.4 Å². The third kappa shape index (κ3) is 23.4. The van der Waals surface area contributed by atoms with Crippen molar-refractivity contribution in [3.8, 4) is 0 Å². The van der Waals surface area contributed by atoms with Crippen LogP contribution in [0.2, 0.25) is 0 Å². The summed E-state index contributed by atoms with van der Waals surface area (Å²) in [6.07, 6.45) is 24.5. The second-order valence-corrected chi connectivity index (χ2v) is 9.24. The van der Waals surface area contributed by atoms with Crippen LogP contribution in [0.4, 0.5) is 0 Å². The van der Waals surface area contributed by atoms with Gasteiger partial charge < -0.3 is 9.84 Å². The minimum absolute atomic E-state index is 0.0348. The number of carboxylic acids is 1. The number of aliphatic carboxylic acids is 1. The highest BCUT2D eigenvalue weighted by molar-refractivity contribution is 5.69. The third-order valence-corrected chi connectivity index (χ3v) is 6.06. The van der Waals surface area contributed by atoms with Gasteiger partial charge in [0.2, 0.25) is 0 Å². The topological polar surface area (TPSA) is 63.6 Å². The van der Waals surface area contributed by atoms with E-state index in [1.807, 2.05) is 0 Å². The first-order chi connectivity index (χ1) is 15.1. The quantitative estimate of drug-likeness (QED) is 0.120. The molecule has 0 aromatic heterocycles. The van der Waals surface area contributed by atoms with Crippen molar-refractivity contribution in [2.24, 2.45) is 0 Å². The van der Waals surface area contributed by atoms with Gasteiger partial charge in [0, 0.05) is 12.8 Å². The molecule has 0 saturated heterocycles. The fraction of sp³-hybridized carbons (Fsp3) is 0.926. The maximum Gasteiger partial charge on any atom is 0.306 e. The molecule has 1 unspecified atom stereocenters. The van der Waals surface area contributed by atoms with Gasteiger partial charge >= 0.3 is 11.9 Å². The summed E-state index contributed by atoms with van der Waals surface area (Å²) in [6.45, 7) is 4.43. The Bertz CT molecular complexity index is 408. The molecule has 0 aromatic carbocycles. The number of carbonyl (C=O) groups excluding carboxylic acids is 1. The highest BCUT2D eigenvalue weighted by Gasteiger charge is 2.13. The molecule has 4 nitrogen and oxygen atoms in total. The van der Waals surface area contributed by atoms with Crippen LogP contribution in [0.15, 0.2) is 0 Å². The molecule has 31 heavy (non-hydrogen) atoms. The van der Waals surface area contributed by atoms with Crippen LogP contribution in [0, 0.1) is 0 Å². The van der Waals surface area contributed by atoms with E-state index in [-0.39, 0.29) is 18.5 Å². The number of carboxylic acid groups (broad SMARTS) is 1. The van der Waals surface area contributed by atoms with Crippen LogP contribution in [0.5, 0.6) is 0 Å². The molecule has 1 atom stereocenters. The third-order valence-electron chi connectivity index (χ3n) is 6.06. The Labute approximate surface area is 192 Å². The first kappa shape index (κ1) is 29.9. The Hall–Kier alpha value is -1.06. The average molecular weight is 441 g/mol. The monoisotopic (exact) mass is 440 g/mol. The van der Waals surface area contributed by atoms with E-state index >= 15 is 0 Å². The number of hydrogen-bond donors (Lipinski definition) is 1. The number of unbranched alkanes of at least 4 members (excludes halogenated alkanes) is 15. The SMILES string of the molecule is CCCCCCCCCCCCCC(CCC)OC(=O)CCCCCCCCC(=O)O. The molecule has 4 heteroatoms.